The summed E-state index contributed by atoms with van der Waals surface area (Å²) in [6.45, 7) is 4.16. The molecule has 0 unspecified atom stereocenters. The molecular weight excluding hydrogens is 943 g/mol. The van der Waals surface area contributed by atoms with Crippen molar-refractivity contribution in [2.45, 2.75) is 13.8 Å². The fraction of sp³-hybridized carbons (Fsp3) is 0.0435. The predicted octanol–water partition coefficient (Wildman–Crippen LogP) is 17.6. The minimum Gasteiger partial charge on any atom is -0.457 e. The molecule has 8 nitrogen and oxygen atoms in total. The van der Waals surface area contributed by atoms with Gasteiger partial charge in [0.05, 0.1) is 63.9 Å². The lowest BCUT2D eigenvalue weighted by Crippen LogP contribution is -2.25. The number of anilines is 4. The highest BCUT2D eigenvalue weighted by Gasteiger charge is 2.34. The summed E-state index contributed by atoms with van der Waals surface area (Å²) >= 11 is 0. The van der Waals surface area contributed by atoms with E-state index in [2.05, 4.69) is 92.9 Å². The van der Waals surface area contributed by atoms with Gasteiger partial charge in [0.25, 0.3) is 0 Å². The van der Waals surface area contributed by atoms with Crippen LogP contribution in [-0.2, 0) is 0 Å². The molecular formula is C69H49N7O. The summed E-state index contributed by atoms with van der Waals surface area (Å²) in [4.78, 5) is 14.3. The number of rotatable bonds is 9. The Balaban J connectivity index is 0.939. The second-order valence-electron chi connectivity index (χ2n) is 19.3. The lowest BCUT2D eigenvalue weighted by atomic mass is 9.95. The van der Waals surface area contributed by atoms with E-state index in [0.29, 0.717) is 39.9 Å². The quantitative estimate of drug-likeness (QED) is 0.144. The Bertz CT molecular complexity index is 5090. The van der Waals surface area contributed by atoms with Gasteiger partial charge in [0.15, 0.2) is 0 Å². The highest BCUT2D eigenvalue weighted by atomic mass is 16.5. The maximum atomic E-state index is 9.33. The molecule has 0 spiro atoms. The van der Waals surface area contributed by atoms with Crippen LogP contribution < -0.4 is 14.5 Å². The summed E-state index contributed by atoms with van der Waals surface area (Å²) in [7, 11) is 0. The van der Waals surface area contributed by atoms with Gasteiger partial charge in [0.1, 0.15) is 24.0 Å². The summed E-state index contributed by atoms with van der Waals surface area (Å²) in [5, 5.41) is 2.09. The van der Waals surface area contributed by atoms with Gasteiger partial charge in [-0.15, -0.1) is 0 Å². The van der Waals surface area contributed by atoms with Gasteiger partial charge >= 0.3 is 0 Å². The van der Waals surface area contributed by atoms with Crippen LogP contribution in [0.4, 0.5) is 22.7 Å². The van der Waals surface area contributed by atoms with Crippen LogP contribution in [0, 0.1) is 13.8 Å². The van der Waals surface area contributed by atoms with Crippen molar-refractivity contribution in [2.75, 3.05) is 16.5 Å². The van der Waals surface area contributed by atoms with Crippen LogP contribution in [0.3, 0.4) is 0 Å². The van der Waals surface area contributed by atoms with Crippen molar-refractivity contribution < 1.29 is 18.4 Å². The molecule has 4 aromatic heterocycles. The van der Waals surface area contributed by atoms with E-state index in [0.717, 1.165) is 72.1 Å². The summed E-state index contributed by atoms with van der Waals surface area (Å²) in [6, 6.07) is 54.5. The SMILES string of the molecule is [2H]c1c([2H])c([2H])c(-c2cccc(-c3c([2H])c([2H])c([2H])c([2H])c3[2H])c2N2CN(c3cccc(Oc4ccc5c6cc(-c7ccccc7)ccc6n(-c6cc(C)c(C)cn6)c5c4)c3)c3cc4c(cc32)nc2n(-c3ccccc3)c3ccccc3n42)c([2H])c1[2H]. The molecule has 0 N–H and O–H groups in total. The number of ether oxygens (including phenoxy) is 1. The first kappa shape index (κ1) is 35.1. The molecule has 0 saturated heterocycles. The van der Waals surface area contributed by atoms with Gasteiger partial charge in [-0.25, -0.2) is 9.97 Å². The monoisotopic (exact) mass is 1000 g/mol. The molecule has 5 heterocycles. The van der Waals surface area contributed by atoms with Crippen molar-refractivity contribution in [3.05, 3.63) is 260 Å². The van der Waals surface area contributed by atoms with E-state index in [9.17, 15) is 5.48 Å². The minimum atomic E-state index is -0.573. The molecule has 1 aliphatic heterocycles. The fourth-order valence-corrected chi connectivity index (χ4v) is 11.1. The van der Waals surface area contributed by atoms with Gasteiger partial charge in [0.2, 0.25) is 5.78 Å². The maximum absolute atomic E-state index is 9.33. The van der Waals surface area contributed by atoms with Crippen LogP contribution in [0.25, 0.3) is 94.5 Å². The number of hydrogen-bond donors (Lipinski definition) is 0. The molecule has 15 rings (SSSR count). The molecule has 14 aromatic rings. The third-order valence-electron chi connectivity index (χ3n) is 14.8. The van der Waals surface area contributed by atoms with E-state index in [1.807, 2.05) is 114 Å². The van der Waals surface area contributed by atoms with Gasteiger partial charge in [-0.05, 0) is 126 Å². The molecule has 0 aliphatic carbocycles. The van der Waals surface area contributed by atoms with Crippen LogP contribution in [0.15, 0.2) is 249 Å². The van der Waals surface area contributed by atoms with Crippen LogP contribution in [0.5, 0.6) is 11.5 Å². The van der Waals surface area contributed by atoms with Crippen molar-refractivity contribution in [2.24, 2.45) is 0 Å². The first-order valence-corrected chi connectivity index (χ1v) is 25.3. The third kappa shape index (κ3) is 7.29. The first-order valence-electron chi connectivity index (χ1n) is 30.3. The van der Waals surface area contributed by atoms with Crippen LogP contribution in [0.2, 0.25) is 0 Å². The van der Waals surface area contributed by atoms with E-state index in [-0.39, 0.29) is 34.6 Å². The standard InChI is InChI=1S/C69H49N7O/c1-45-37-67(70-43-46(45)2)75-60-36-33-50(47-19-7-3-8-20-47)38-58(60)57-35-34-54(40-63(57)75)77-53-28-17-27-52(39-53)72-44-73(68-55(48-21-9-4-10-22-48)29-18-30-56(68)49-23-11-5-12-24-49)65-41-59-64(42-66(65)72)76-62-32-16-15-31-61(62)74(69(76)71-59)51-25-13-6-14-26-51/h3-43H,44H2,1-2H3/i4D,5D,9D,10D,11D,12D,21D,22D,23D,24D. The number of aromatic nitrogens is 5. The van der Waals surface area contributed by atoms with Crippen molar-refractivity contribution in [3.8, 4) is 56.4 Å². The summed E-state index contributed by atoms with van der Waals surface area (Å²) in [5.41, 5.74) is 12.7. The van der Waals surface area contributed by atoms with Gasteiger partial charge < -0.3 is 14.5 Å². The number of nitrogens with zero attached hydrogens (tertiary/aromatic N) is 7. The Morgan fingerprint density at radius 1 is 0.455 bits per heavy atom. The molecule has 366 valence electrons. The molecule has 0 fully saturated rings. The molecule has 8 heteroatoms. The van der Waals surface area contributed by atoms with Gasteiger partial charge in [-0.2, -0.15) is 0 Å². The third-order valence-corrected chi connectivity index (χ3v) is 14.8. The Morgan fingerprint density at radius 3 is 1.88 bits per heavy atom. The van der Waals surface area contributed by atoms with Gasteiger partial charge in [0, 0.05) is 51.6 Å². The molecule has 10 aromatic carbocycles. The predicted molar refractivity (Wildman–Crippen MR) is 316 cm³/mol. The zero-order valence-electron chi connectivity index (χ0n) is 51.6. The second kappa shape index (κ2) is 17.8. The average Bonchev–Trinajstić information content (AvgIpc) is 1.66. The van der Waals surface area contributed by atoms with Gasteiger partial charge in [-0.3, -0.25) is 13.5 Å². The lowest BCUT2D eigenvalue weighted by Gasteiger charge is -2.27. The lowest BCUT2D eigenvalue weighted by molar-refractivity contribution is 0.483. The van der Waals surface area contributed by atoms with E-state index < -0.39 is 60.4 Å². The number of aryl methyl sites for hydroxylation is 2. The normalized spacial score (nSPS) is 14.3. The zero-order valence-corrected chi connectivity index (χ0v) is 41.6. The Kier molecular flexibility index (Phi) is 8.09. The maximum Gasteiger partial charge on any atom is 0.220 e. The van der Waals surface area contributed by atoms with E-state index in [1.54, 1.807) is 18.2 Å². The number of imidazole rings is 2. The number of para-hydroxylation sites is 4. The molecule has 1 aliphatic rings. The zero-order chi connectivity index (χ0) is 59.8. The highest BCUT2D eigenvalue weighted by molar-refractivity contribution is 6.11. The molecule has 0 radical (unpaired) electrons. The second-order valence-corrected chi connectivity index (χ2v) is 19.3. The Labute approximate surface area is 459 Å². The van der Waals surface area contributed by atoms with E-state index in [1.165, 1.54) is 0 Å². The van der Waals surface area contributed by atoms with Crippen molar-refractivity contribution >= 4 is 72.4 Å². The number of hydrogen-bond acceptors (Lipinski definition) is 5. The topological polar surface area (TPSA) is 55.8 Å². The average molecular weight is 1000 g/mol. The highest BCUT2D eigenvalue weighted by Crippen LogP contribution is 2.52. The van der Waals surface area contributed by atoms with Crippen molar-refractivity contribution in [1.82, 2.24) is 23.5 Å². The fourth-order valence-electron chi connectivity index (χ4n) is 11.1. The molecule has 0 saturated carbocycles. The number of benzene rings is 10. The first-order chi connectivity index (χ1) is 42.1. The van der Waals surface area contributed by atoms with Crippen molar-refractivity contribution in [1.29, 1.82) is 0 Å². The molecule has 0 atom stereocenters. The van der Waals surface area contributed by atoms with Crippen molar-refractivity contribution in [3.63, 3.8) is 0 Å². The molecule has 77 heavy (non-hydrogen) atoms. The summed E-state index contributed by atoms with van der Waals surface area (Å²) in [6.07, 6.45) is 1.90. The van der Waals surface area contributed by atoms with E-state index >= 15 is 0 Å². The molecule has 0 amide bonds. The van der Waals surface area contributed by atoms with Gasteiger partial charge in [-0.1, -0.05) is 151 Å². The minimum absolute atomic E-state index is 0.0201. The number of fused-ring (bicyclic) bond motifs is 9. The van der Waals surface area contributed by atoms with E-state index in [4.69, 9.17) is 22.9 Å². The summed E-state index contributed by atoms with van der Waals surface area (Å²) in [5.74, 6) is 2.52. The number of pyridine rings is 1. The largest absolute Gasteiger partial charge is 0.457 e. The summed E-state index contributed by atoms with van der Waals surface area (Å²) < 4.78 is 103. The Hall–Kier alpha value is -10.2. The molecule has 0 bridgehead atoms. The smallest absolute Gasteiger partial charge is 0.220 e. The van der Waals surface area contributed by atoms with Crippen LogP contribution in [-0.4, -0.2) is 30.2 Å². The van der Waals surface area contributed by atoms with Crippen LogP contribution >= 0.6 is 0 Å². The Morgan fingerprint density at radius 2 is 1.13 bits per heavy atom. The van der Waals surface area contributed by atoms with Crippen LogP contribution in [0.1, 0.15) is 24.8 Å².